The van der Waals surface area contributed by atoms with Gasteiger partial charge in [0, 0.05) is 0 Å². The summed E-state index contributed by atoms with van der Waals surface area (Å²) in [7, 11) is 0. The van der Waals surface area contributed by atoms with Crippen molar-refractivity contribution in [1.29, 1.82) is 0 Å². The van der Waals surface area contributed by atoms with Crippen molar-refractivity contribution in [2.45, 2.75) is 56.2 Å². The summed E-state index contributed by atoms with van der Waals surface area (Å²) in [5, 5.41) is 9.14. The average Bonchev–Trinajstić information content (AvgIpc) is 2.74. The Morgan fingerprint density at radius 3 is 2.46 bits per heavy atom. The van der Waals surface area contributed by atoms with E-state index in [-0.39, 0.29) is 18.4 Å². The maximum Gasteiger partial charge on any atom is 0.305 e. The third-order valence-corrected chi connectivity index (χ3v) is 5.58. The molecule has 0 bridgehead atoms. The number of carbonyl (C=O) groups excluding carboxylic acids is 1. The molecule has 24 heavy (non-hydrogen) atoms. The van der Waals surface area contributed by atoms with Gasteiger partial charge >= 0.3 is 5.97 Å². The molecule has 1 saturated carbocycles. The summed E-state index contributed by atoms with van der Waals surface area (Å²) >= 11 is 1.30. The molecule has 1 aliphatic heterocycles. The highest BCUT2D eigenvalue weighted by Crippen LogP contribution is 2.35. The van der Waals surface area contributed by atoms with E-state index in [1.54, 1.807) is 4.90 Å². The van der Waals surface area contributed by atoms with Crippen molar-refractivity contribution in [3.05, 3.63) is 30.3 Å². The van der Waals surface area contributed by atoms with Gasteiger partial charge in [-0.2, -0.15) is 0 Å². The van der Waals surface area contributed by atoms with E-state index in [9.17, 15) is 9.59 Å². The minimum Gasteiger partial charge on any atom is -0.481 e. The third-order valence-electron chi connectivity index (χ3n) is 4.43. The van der Waals surface area contributed by atoms with E-state index in [0.29, 0.717) is 5.17 Å². The SMILES string of the molecule is O=C(O)CC1SC(=NC2CCCCCC2)N(c2ccccc2)C1=O. The standard InChI is InChI=1S/C18H22N2O3S/c21-16(22)12-15-17(23)20(14-10-6-3-7-11-14)18(24-15)19-13-8-4-1-2-5-9-13/h3,6-7,10-11,13,15H,1-2,4-5,8-9,12H2,(H,21,22). The van der Waals surface area contributed by atoms with Crippen LogP contribution in [-0.4, -0.2) is 33.4 Å². The molecule has 2 fully saturated rings. The fraction of sp³-hybridized carbons (Fsp3) is 0.500. The Morgan fingerprint density at radius 1 is 1.17 bits per heavy atom. The molecule has 0 spiro atoms. The molecule has 2 aliphatic rings. The number of carboxylic acid groups (broad SMARTS) is 1. The minimum atomic E-state index is -0.954. The maximum atomic E-state index is 12.7. The number of hydrogen-bond donors (Lipinski definition) is 1. The molecular weight excluding hydrogens is 324 g/mol. The van der Waals surface area contributed by atoms with Crippen LogP contribution in [0.25, 0.3) is 0 Å². The Labute approximate surface area is 146 Å². The van der Waals surface area contributed by atoms with Gasteiger partial charge in [-0.15, -0.1) is 0 Å². The number of thioether (sulfide) groups is 1. The number of carboxylic acids is 1. The molecule has 1 atom stereocenters. The second-order valence-electron chi connectivity index (χ2n) is 6.27. The van der Waals surface area contributed by atoms with Gasteiger partial charge in [-0.1, -0.05) is 55.6 Å². The highest BCUT2D eigenvalue weighted by Gasteiger charge is 2.40. The Balaban J connectivity index is 1.88. The fourth-order valence-electron chi connectivity index (χ4n) is 3.20. The van der Waals surface area contributed by atoms with E-state index in [4.69, 9.17) is 10.1 Å². The molecule has 5 nitrogen and oxygen atoms in total. The van der Waals surface area contributed by atoms with Crippen LogP contribution in [0.1, 0.15) is 44.9 Å². The van der Waals surface area contributed by atoms with Crippen molar-refractivity contribution in [2.75, 3.05) is 4.90 Å². The second kappa shape index (κ2) is 7.83. The lowest BCUT2D eigenvalue weighted by atomic mass is 10.1. The number of amidine groups is 1. The number of hydrogen-bond acceptors (Lipinski definition) is 4. The smallest absolute Gasteiger partial charge is 0.305 e. The van der Waals surface area contributed by atoms with Gasteiger partial charge in [0.2, 0.25) is 5.91 Å². The number of rotatable bonds is 4. The number of aliphatic imine (C=N–C) groups is 1. The van der Waals surface area contributed by atoms with Crippen LogP contribution >= 0.6 is 11.8 Å². The number of para-hydroxylation sites is 1. The van der Waals surface area contributed by atoms with Crippen molar-refractivity contribution in [1.82, 2.24) is 0 Å². The average molecular weight is 346 g/mol. The van der Waals surface area contributed by atoms with Crippen LogP contribution in [-0.2, 0) is 9.59 Å². The highest BCUT2D eigenvalue weighted by atomic mass is 32.2. The first-order valence-electron chi connectivity index (χ1n) is 8.50. The van der Waals surface area contributed by atoms with E-state index in [1.165, 1.54) is 37.4 Å². The Kier molecular flexibility index (Phi) is 5.56. The largest absolute Gasteiger partial charge is 0.481 e. The van der Waals surface area contributed by atoms with Crippen molar-refractivity contribution in [2.24, 2.45) is 4.99 Å². The summed E-state index contributed by atoms with van der Waals surface area (Å²) in [4.78, 5) is 30.2. The van der Waals surface area contributed by atoms with Crippen LogP contribution in [0.5, 0.6) is 0 Å². The first kappa shape index (κ1) is 17.0. The fourth-order valence-corrected chi connectivity index (χ4v) is 4.40. The molecule has 0 aromatic heterocycles. The van der Waals surface area contributed by atoms with Gasteiger partial charge < -0.3 is 5.11 Å². The summed E-state index contributed by atoms with van der Waals surface area (Å²) in [5.74, 6) is -1.13. The molecule has 6 heteroatoms. The highest BCUT2D eigenvalue weighted by molar-refractivity contribution is 8.16. The monoisotopic (exact) mass is 346 g/mol. The molecule has 3 rings (SSSR count). The number of benzene rings is 1. The van der Waals surface area contributed by atoms with Crippen molar-refractivity contribution in [3.63, 3.8) is 0 Å². The zero-order valence-electron chi connectivity index (χ0n) is 13.6. The molecular formula is C18H22N2O3S. The third kappa shape index (κ3) is 3.98. The normalized spacial score (nSPS) is 24.3. The lowest BCUT2D eigenvalue weighted by molar-refractivity contribution is -0.138. The summed E-state index contributed by atoms with van der Waals surface area (Å²) in [6.07, 6.45) is 6.76. The zero-order chi connectivity index (χ0) is 16.9. The molecule has 1 aromatic carbocycles. The Morgan fingerprint density at radius 2 is 1.83 bits per heavy atom. The van der Waals surface area contributed by atoms with E-state index >= 15 is 0 Å². The number of aliphatic carboxylic acids is 1. The topological polar surface area (TPSA) is 70.0 Å². The lowest BCUT2D eigenvalue weighted by Gasteiger charge is -2.18. The van der Waals surface area contributed by atoms with Crippen LogP contribution in [0, 0.1) is 0 Å². The Bertz CT molecular complexity index is 624. The predicted molar refractivity (Wildman–Crippen MR) is 96.5 cm³/mol. The Hall–Kier alpha value is -1.82. The maximum absolute atomic E-state index is 12.7. The van der Waals surface area contributed by atoms with Crippen molar-refractivity contribution in [3.8, 4) is 0 Å². The quantitative estimate of drug-likeness (QED) is 0.844. The lowest BCUT2D eigenvalue weighted by Crippen LogP contribution is -2.33. The molecule has 1 saturated heterocycles. The van der Waals surface area contributed by atoms with Gasteiger partial charge in [-0.25, -0.2) is 0 Å². The zero-order valence-corrected chi connectivity index (χ0v) is 14.4. The van der Waals surface area contributed by atoms with E-state index in [1.807, 2.05) is 30.3 Å². The van der Waals surface area contributed by atoms with Gasteiger partial charge in [0.25, 0.3) is 0 Å². The molecule has 1 unspecified atom stereocenters. The van der Waals surface area contributed by atoms with Crippen LogP contribution < -0.4 is 4.90 Å². The number of carbonyl (C=O) groups is 2. The number of anilines is 1. The predicted octanol–water partition coefficient (Wildman–Crippen LogP) is 3.69. The molecule has 1 aromatic rings. The van der Waals surface area contributed by atoms with Crippen molar-refractivity contribution < 1.29 is 14.7 Å². The molecule has 1 aliphatic carbocycles. The number of nitrogens with zero attached hydrogens (tertiary/aromatic N) is 2. The van der Waals surface area contributed by atoms with Gasteiger partial charge in [-0.3, -0.25) is 19.5 Å². The van der Waals surface area contributed by atoms with E-state index in [0.717, 1.165) is 18.5 Å². The van der Waals surface area contributed by atoms with Crippen LogP contribution in [0.15, 0.2) is 35.3 Å². The van der Waals surface area contributed by atoms with Gasteiger partial charge in [0.1, 0.15) is 5.25 Å². The molecule has 128 valence electrons. The van der Waals surface area contributed by atoms with Crippen LogP contribution in [0.4, 0.5) is 5.69 Å². The van der Waals surface area contributed by atoms with Crippen LogP contribution in [0.2, 0.25) is 0 Å². The first-order chi connectivity index (χ1) is 11.6. The summed E-state index contributed by atoms with van der Waals surface area (Å²) in [6, 6.07) is 9.61. The first-order valence-corrected chi connectivity index (χ1v) is 9.38. The van der Waals surface area contributed by atoms with Crippen LogP contribution in [0.3, 0.4) is 0 Å². The molecule has 1 heterocycles. The van der Waals surface area contributed by atoms with Crippen molar-refractivity contribution >= 4 is 34.5 Å². The molecule has 1 amide bonds. The van der Waals surface area contributed by atoms with E-state index in [2.05, 4.69) is 0 Å². The van der Waals surface area contributed by atoms with Gasteiger partial charge in [-0.05, 0) is 25.0 Å². The van der Waals surface area contributed by atoms with E-state index < -0.39 is 11.2 Å². The van der Waals surface area contributed by atoms with Gasteiger partial charge in [0.05, 0.1) is 18.2 Å². The summed E-state index contributed by atoms with van der Waals surface area (Å²) in [5.41, 5.74) is 0.760. The van der Waals surface area contributed by atoms with Gasteiger partial charge in [0.15, 0.2) is 5.17 Å². The molecule has 0 radical (unpaired) electrons. The second-order valence-corrected chi connectivity index (χ2v) is 7.44. The summed E-state index contributed by atoms with van der Waals surface area (Å²) in [6.45, 7) is 0. The molecule has 1 N–H and O–H groups in total. The summed E-state index contributed by atoms with van der Waals surface area (Å²) < 4.78 is 0. The number of amides is 1. The minimum absolute atomic E-state index is 0.170.